The van der Waals surface area contributed by atoms with Crippen LogP contribution in [-0.2, 0) is 16.1 Å². The Morgan fingerprint density at radius 1 is 1.21 bits per heavy atom. The van der Waals surface area contributed by atoms with E-state index in [0.29, 0.717) is 17.0 Å². The molecule has 0 radical (unpaired) electrons. The lowest BCUT2D eigenvalue weighted by atomic mass is 10.0. The minimum Gasteiger partial charge on any atom is -0.493 e. The zero-order valence-electron chi connectivity index (χ0n) is 16.9. The quantitative estimate of drug-likeness (QED) is 0.519. The molecule has 3 N–H and O–H groups in total. The molecule has 2 aromatic rings. The fourth-order valence-corrected chi connectivity index (χ4v) is 2.80. The van der Waals surface area contributed by atoms with E-state index in [1.54, 1.807) is 19.9 Å². The topological polar surface area (TPSA) is 132 Å². The molecule has 10 heteroatoms. The third-order valence-electron chi connectivity index (χ3n) is 4.32. The summed E-state index contributed by atoms with van der Waals surface area (Å²) in [4.78, 5) is 41.6. The molecule has 0 fully saturated rings. The van der Waals surface area contributed by atoms with E-state index in [9.17, 15) is 14.4 Å². The summed E-state index contributed by atoms with van der Waals surface area (Å²) >= 11 is 0. The molecule has 29 heavy (non-hydrogen) atoms. The highest BCUT2D eigenvalue weighted by molar-refractivity contribution is 5.88. The van der Waals surface area contributed by atoms with Crippen LogP contribution in [0, 0.1) is 5.92 Å². The summed E-state index contributed by atoms with van der Waals surface area (Å²) in [5.74, 6) is -0.270. The van der Waals surface area contributed by atoms with E-state index in [2.05, 4.69) is 15.6 Å². The fourth-order valence-electron chi connectivity index (χ4n) is 2.80. The molecule has 0 bridgehead atoms. The van der Waals surface area contributed by atoms with Crippen LogP contribution in [0.1, 0.15) is 13.8 Å². The number of benzene rings is 1. The number of rotatable bonds is 9. The summed E-state index contributed by atoms with van der Waals surface area (Å²) in [5.41, 5.74) is -0.00956. The standard InChI is InChI=1S/C19H26N4O6/c1-11(2)17(18(26)20-5-6-24)22-16(25)9-23-10-21-13-8-15(29-4)14(28-3)7-12(13)19(23)27/h7-8,10-11,17,24H,5-6,9H2,1-4H3,(H,20,26)(H,22,25)/t17-/m0/s1. The maximum absolute atomic E-state index is 12.8. The van der Waals surface area contributed by atoms with Crippen molar-refractivity contribution >= 4 is 22.7 Å². The predicted octanol–water partition coefficient (Wildman–Crippen LogP) is -0.337. The maximum Gasteiger partial charge on any atom is 0.261 e. The van der Waals surface area contributed by atoms with Gasteiger partial charge in [0.2, 0.25) is 11.8 Å². The molecule has 0 unspecified atom stereocenters. The van der Waals surface area contributed by atoms with Gasteiger partial charge in [0.05, 0.1) is 38.1 Å². The second kappa shape index (κ2) is 9.87. The Kier molecular flexibility index (Phi) is 7.54. The van der Waals surface area contributed by atoms with Crippen molar-refractivity contribution in [1.82, 2.24) is 20.2 Å². The van der Waals surface area contributed by atoms with E-state index in [1.807, 2.05) is 0 Å². The van der Waals surface area contributed by atoms with Crippen LogP contribution < -0.4 is 25.7 Å². The van der Waals surface area contributed by atoms with Crippen molar-refractivity contribution in [2.24, 2.45) is 5.92 Å². The van der Waals surface area contributed by atoms with Gasteiger partial charge in [-0.15, -0.1) is 0 Å². The van der Waals surface area contributed by atoms with Crippen molar-refractivity contribution in [2.45, 2.75) is 26.4 Å². The number of aromatic nitrogens is 2. The fraction of sp³-hybridized carbons (Fsp3) is 0.474. The zero-order chi connectivity index (χ0) is 21.6. The number of hydrogen-bond donors (Lipinski definition) is 3. The highest BCUT2D eigenvalue weighted by atomic mass is 16.5. The zero-order valence-corrected chi connectivity index (χ0v) is 16.9. The van der Waals surface area contributed by atoms with Crippen molar-refractivity contribution in [1.29, 1.82) is 0 Å². The molecule has 0 aliphatic heterocycles. The van der Waals surface area contributed by atoms with Crippen molar-refractivity contribution in [3.8, 4) is 11.5 Å². The first kappa shape index (κ1) is 22.2. The predicted molar refractivity (Wildman–Crippen MR) is 106 cm³/mol. The third-order valence-corrected chi connectivity index (χ3v) is 4.32. The van der Waals surface area contributed by atoms with E-state index >= 15 is 0 Å². The van der Waals surface area contributed by atoms with Gasteiger partial charge in [0.25, 0.3) is 5.56 Å². The van der Waals surface area contributed by atoms with Gasteiger partial charge < -0.3 is 25.2 Å². The maximum atomic E-state index is 12.8. The van der Waals surface area contributed by atoms with Crippen LogP contribution in [0.25, 0.3) is 10.9 Å². The number of methoxy groups -OCH3 is 2. The van der Waals surface area contributed by atoms with Crippen molar-refractivity contribution < 1.29 is 24.2 Å². The molecule has 1 aromatic heterocycles. The first-order valence-corrected chi connectivity index (χ1v) is 9.11. The summed E-state index contributed by atoms with van der Waals surface area (Å²) in [7, 11) is 2.94. The Labute approximate surface area is 167 Å². The van der Waals surface area contributed by atoms with Gasteiger partial charge in [-0.05, 0) is 12.0 Å². The van der Waals surface area contributed by atoms with Gasteiger partial charge >= 0.3 is 0 Å². The monoisotopic (exact) mass is 406 g/mol. The Morgan fingerprint density at radius 2 is 1.86 bits per heavy atom. The SMILES string of the molecule is COc1cc2ncn(CC(=O)N[C@H](C(=O)NCCO)C(C)C)c(=O)c2cc1OC. The number of amides is 2. The van der Waals surface area contributed by atoms with Gasteiger partial charge in [-0.25, -0.2) is 4.98 Å². The van der Waals surface area contributed by atoms with Crippen molar-refractivity contribution in [3.05, 3.63) is 28.8 Å². The van der Waals surface area contributed by atoms with E-state index in [4.69, 9.17) is 14.6 Å². The average molecular weight is 406 g/mol. The number of aliphatic hydroxyl groups is 1. The first-order valence-electron chi connectivity index (χ1n) is 9.11. The van der Waals surface area contributed by atoms with Gasteiger partial charge in [0.15, 0.2) is 11.5 Å². The van der Waals surface area contributed by atoms with Crippen LogP contribution in [0.5, 0.6) is 11.5 Å². The van der Waals surface area contributed by atoms with Gasteiger partial charge in [0, 0.05) is 12.6 Å². The third kappa shape index (κ3) is 5.23. The van der Waals surface area contributed by atoms with Gasteiger partial charge in [-0.3, -0.25) is 19.0 Å². The molecule has 0 aliphatic carbocycles. The van der Waals surface area contributed by atoms with Gasteiger partial charge in [-0.1, -0.05) is 13.8 Å². The Hall–Kier alpha value is -3.14. The summed E-state index contributed by atoms with van der Waals surface area (Å²) in [6.45, 7) is 3.17. The number of fused-ring (bicyclic) bond motifs is 1. The Morgan fingerprint density at radius 3 is 2.45 bits per heavy atom. The molecule has 0 spiro atoms. The number of carbonyl (C=O) groups excluding carboxylic acids is 2. The molecule has 10 nitrogen and oxygen atoms in total. The Balaban J connectivity index is 2.24. The van der Waals surface area contributed by atoms with Gasteiger partial charge in [0.1, 0.15) is 12.6 Å². The number of carbonyl (C=O) groups is 2. The molecule has 1 heterocycles. The van der Waals surface area contributed by atoms with E-state index in [-0.39, 0.29) is 31.0 Å². The average Bonchev–Trinajstić information content (AvgIpc) is 2.71. The van der Waals surface area contributed by atoms with Crippen LogP contribution in [0.4, 0.5) is 0 Å². The molecule has 0 saturated heterocycles. The summed E-state index contributed by atoms with van der Waals surface area (Å²) in [6, 6.07) is 2.31. The second-order valence-corrected chi connectivity index (χ2v) is 6.71. The summed E-state index contributed by atoms with van der Waals surface area (Å²) in [5, 5.41) is 14.3. The smallest absolute Gasteiger partial charge is 0.261 e. The number of nitrogens with zero attached hydrogens (tertiary/aromatic N) is 2. The Bertz CT molecular complexity index is 940. The van der Waals surface area contributed by atoms with Crippen LogP contribution >= 0.6 is 0 Å². The highest BCUT2D eigenvalue weighted by Gasteiger charge is 2.24. The van der Waals surface area contributed by atoms with Crippen LogP contribution in [0.3, 0.4) is 0 Å². The number of aliphatic hydroxyl groups excluding tert-OH is 1. The minimum absolute atomic E-state index is 0.0945. The largest absolute Gasteiger partial charge is 0.493 e. The lowest BCUT2D eigenvalue weighted by Crippen LogP contribution is -2.51. The number of hydrogen-bond acceptors (Lipinski definition) is 7. The minimum atomic E-state index is -0.789. The molecule has 0 aliphatic rings. The van der Waals surface area contributed by atoms with Crippen molar-refractivity contribution in [3.63, 3.8) is 0 Å². The molecule has 2 amide bonds. The van der Waals surface area contributed by atoms with Crippen molar-refractivity contribution in [2.75, 3.05) is 27.4 Å². The summed E-state index contributed by atoms with van der Waals surface area (Å²) in [6.07, 6.45) is 1.27. The highest BCUT2D eigenvalue weighted by Crippen LogP contribution is 2.29. The number of ether oxygens (including phenoxy) is 2. The van der Waals surface area contributed by atoms with Crippen LogP contribution in [-0.4, -0.2) is 59.9 Å². The summed E-state index contributed by atoms with van der Waals surface area (Å²) < 4.78 is 11.6. The van der Waals surface area contributed by atoms with E-state index in [0.717, 1.165) is 4.57 Å². The van der Waals surface area contributed by atoms with E-state index < -0.39 is 23.4 Å². The molecule has 1 atom stereocenters. The molecule has 158 valence electrons. The van der Waals surface area contributed by atoms with Crippen LogP contribution in [0.2, 0.25) is 0 Å². The molecular formula is C19H26N4O6. The van der Waals surface area contributed by atoms with Gasteiger partial charge in [-0.2, -0.15) is 0 Å². The lowest BCUT2D eigenvalue weighted by molar-refractivity contribution is -0.130. The van der Waals surface area contributed by atoms with Crippen LogP contribution in [0.15, 0.2) is 23.3 Å². The normalized spacial score (nSPS) is 11.9. The molecule has 1 aromatic carbocycles. The second-order valence-electron chi connectivity index (χ2n) is 6.71. The lowest BCUT2D eigenvalue weighted by Gasteiger charge is -2.21. The molecular weight excluding hydrogens is 380 g/mol. The van der Waals surface area contributed by atoms with E-state index in [1.165, 1.54) is 26.6 Å². The number of nitrogens with one attached hydrogen (secondary N) is 2. The molecule has 2 rings (SSSR count). The molecule has 0 saturated carbocycles. The first-order chi connectivity index (χ1) is 13.8.